The number of hydrogen-bond acceptors (Lipinski definition) is 1. The first kappa shape index (κ1) is 13.3. The number of hydrogen-bond donors (Lipinski definition) is 0. The molecule has 2 aromatic carbocycles. The van der Waals surface area contributed by atoms with Crippen LogP contribution in [0.3, 0.4) is 0 Å². The zero-order valence-corrected chi connectivity index (χ0v) is 12.2. The fourth-order valence-electron chi connectivity index (χ4n) is 1.72. The number of alkyl halides is 1. The minimum absolute atomic E-state index is 0.0709. The lowest BCUT2D eigenvalue weighted by Gasteiger charge is -2.10. The average molecular weight is 324 g/mol. The van der Waals surface area contributed by atoms with Crippen LogP contribution in [0.15, 0.2) is 53.0 Å². The van der Waals surface area contributed by atoms with Crippen molar-refractivity contribution in [3.8, 4) is 0 Å². The van der Waals surface area contributed by atoms with Crippen LogP contribution in [-0.2, 0) is 0 Å². The Hall–Kier alpha value is -1.12. The molecule has 2 aromatic rings. The molecular formula is C15H12BrClO. The van der Waals surface area contributed by atoms with E-state index in [1.807, 2.05) is 49.4 Å². The van der Waals surface area contributed by atoms with E-state index in [9.17, 15) is 4.79 Å². The van der Waals surface area contributed by atoms with Crippen molar-refractivity contribution in [2.24, 2.45) is 0 Å². The minimum Gasteiger partial charge on any atom is -0.292 e. The minimum atomic E-state index is -0.633. The highest BCUT2D eigenvalue weighted by Crippen LogP contribution is 2.26. The third kappa shape index (κ3) is 2.82. The summed E-state index contributed by atoms with van der Waals surface area (Å²) in [6.45, 7) is 1.95. The molecule has 0 fully saturated rings. The highest BCUT2D eigenvalue weighted by atomic mass is 79.9. The molecule has 0 saturated carbocycles. The lowest BCUT2D eigenvalue weighted by atomic mass is 10.0. The lowest BCUT2D eigenvalue weighted by Crippen LogP contribution is -2.07. The van der Waals surface area contributed by atoms with E-state index in [0.29, 0.717) is 5.56 Å². The largest absolute Gasteiger partial charge is 0.292 e. The fraction of sp³-hybridized carbons (Fsp3) is 0.133. The molecule has 0 aliphatic rings. The number of carbonyl (C=O) groups is 1. The van der Waals surface area contributed by atoms with Crippen molar-refractivity contribution in [2.75, 3.05) is 0 Å². The maximum absolute atomic E-state index is 12.3. The monoisotopic (exact) mass is 322 g/mol. The molecule has 0 aliphatic heterocycles. The first-order valence-electron chi connectivity index (χ1n) is 5.59. The van der Waals surface area contributed by atoms with Crippen molar-refractivity contribution in [3.05, 3.63) is 69.7 Å². The van der Waals surface area contributed by atoms with Gasteiger partial charge in [-0.05, 0) is 30.2 Å². The highest BCUT2D eigenvalue weighted by Gasteiger charge is 2.19. The predicted octanol–water partition coefficient (Wildman–Crippen LogP) is 4.92. The predicted molar refractivity (Wildman–Crippen MR) is 78.2 cm³/mol. The van der Waals surface area contributed by atoms with Crippen LogP contribution in [0.5, 0.6) is 0 Å². The van der Waals surface area contributed by atoms with Gasteiger partial charge in [-0.2, -0.15) is 0 Å². The van der Waals surface area contributed by atoms with Gasteiger partial charge in [-0.25, -0.2) is 0 Å². The molecule has 1 atom stereocenters. The number of halogens is 2. The lowest BCUT2D eigenvalue weighted by molar-refractivity contribution is 0.0987. The summed E-state index contributed by atoms with van der Waals surface area (Å²) in [6, 6.07) is 14.9. The van der Waals surface area contributed by atoms with Gasteiger partial charge in [-0.15, -0.1) is 11.6 Å². The number of ketones is 1. The number of benzene rings is 2. The van der Waals surface area contributed by atoms with Gasteiger partial charge < -0.3 is 0 Å². The molecule has 0 saturated heterocycles. The van der Waals surface area contributed by atoms with Gasteiger partial charge in [0.1, 0.15) is 5.38 Å². The zero-order valence-electron chi connectivity index (χ0n) is 9.86. The van der Waals surface area contributed by atoms with E-state index in [0.717, 1.165) is 15.6 Å². The smallest absolute Gasteiger partial charge is 0.185 e. The van der Waals surface area contributed by atoms with Crippen molar-refractivity contribution < 1.29 is 4.79 Å². The molecule has 0 radical (unpaired) electrons. The maximum atomic E-state index is 12.3. The van der Waals surface area contributed by atoms with Crippen LogP contribution >= 0.6 is 27.5 Å². The standard InChI is InChI=1S/C15H12BrClO/c1-10-9-12(7-8-13(10)16)15(18)14(17)11-5-3-2-4-6-11/h2-9,14H,1H3. The zero-order chi connectivity index (χ0) is 13.1. The Balaban J connectivity index is 2.29. The summed E-state index contributed by atoms with van der Waals surface area (Å²) in [4.78, 5) is 12.3. The summed E-state index contributed by atoms with van der Waals surface area (Å²) in [6.07, 6.45) is 0. The van der Waals surface area contributed by atoms with Crippen molar-refractivity contribution in [1.82, 2.24) is 0 Å². The third-order valence-corrected chi connectivity index (χ3v) is 4.10. The van der Waals surface area contributed by atoms with Gasteiger partial charge >= 0.3 is 0 Å². The topological polar surface area (TPSA) is 17.1 Å². The average Bonchev–Trinajstić information content (AvgIpc) is 2.41. The van der Waals surface area contributed by atoms with E-state index in [1.54, 1.807) is 6.07 Å². The summed E-state index contributed by atoms with van der Waals surface area (Å²) in [5.41, 5.74) is 2.49. The van der Waals surface area contributed by atoms with Gasteiger partial charge in [-0.1, -0.05) is 52.3 Å². The number of aryl methyl sites for hydroxylation is 1. The first-order valence-corrected chi connectivity index (χ1v) is 6.82. The van der Waals surface area contributed by atoms with Crippen LogP contribution in [0.4, 0.5) is 0 Å². The maximum Gasteiger partial charge on any atom is 0.185 e. The second-order valence-corrected chi connectivity index (χ2v) is 5.39. The quantitative estimate of drug-likeness (QED) is 0.579. The Labute approximate surface area is 120 Å². The van der Waals surface area contributed by atoms with Gasteiger partial charge in [0, 0.05) is 10.0 Å². The second kappa shape index (κ2) is 5.68. The van der Waals surface area contributed by atoms with Crippen molar-refractivity contribution in [3.63, 3.8) is 0 Å². The van der Waals surface area contributed by atoms with Gasteiger partial charge in [0.15, 0.2) is 5.78 Å². The molecule has 0 amide bonds. The summed E-state index contributed by atoms with van der Waals surface area (Å²) >= 11 is 9.64. The number of carbonyl (C=O) groups excluding carboxylic acids is 1. The Kier molecular flexibility index (Phi) is 4.20. The van der Waals surface area contributed by atoms with Gasteiger partial charge in [0.2, 0.25) is 0 Å². The van der Waals surface area contributed by atoms with E-state index >= 15 is 0 Å². The summed E-state index contributed by atoms with van der Waals surface area (Å²) < 4.78 is 0.991. The Morgan fingerprint density at radius 1 is 1.17 bits per heavy atom. The Morgan fingerprint density at radius 3 is 2.44 bits per heavy atom. The molecule has 1 nitrogen and oxygen atoms in total. The van der Waals surface area contributed by atoms with E-state index in [-0.39, 0.29) is 5.78 Å². The van der Waals surface area contributed by atoms with Gasteiger partial charge in [0.05, 0.1) is 0 Å². The van der Waals surface area contributed by atoms with Crippen LogP contribution < -0.4 is 0 Å². The first-order chi connectivity index (χ1) is 8.59. The fourth-order valence-corrected chi connectivity index (χ4v) is 2.24. The molecule has 2 rings (SSSR count). The normalized spacial score (nSPS) is 12.2. The molecule has 1 unspecified atom stereocenters. The van der Waals surface area contributed by atoms with Gasteiger partial charge in [-0.3, -0.25) is 4.79 Å². The summed E-state index contributed by atoms with van der Waals surface area (Å²) in [7, 11) is 0. The van der Waals surface area contributed by atoms with E-state index < -0.39 is 5.38 Å². The molecule has 0 bridgehead atoms. The van der Waals surface area contributed by atoms with Crippen LogP contribution in [0, 0.1) is 6.92 Å². The molecular weight excluding hydrogens is 312 g/mol. The van der Waals surface area contributed by atoms with Crippen molar-refractivity contribution >= 4 is 33.3 Å². The van der Waals surface area contributed by atoms with E-state index in [1.165, 1.54) is 0 Å². The summed E-state index contributed by atoms with van der Waals surface area (Å²) in [5.74, 6) is -0.0709. The molecule has 0 aliphatic carbocycles. The Bertz CT molecular complexity index is 566. The van der Waals surface area contributed by atoms with Crippen LogP contribution in [0.2, 0.25) is 0 Å². The molecule has 18 heavy (non-hydrogen) atoms. The summed E-state index contributed by atoms with van der Waals surface area (Å²) in [5, 5.41) is -0.633. The third-order valence-electron chi connectivity index (χ3n) is 2.76. The van der Waals surface area contributed by atoms with Crippen molar-refractivity contribution in [1.29, 1.82) is 0 Å². The molecule has 0 aromatic heterocycles. The molecule has 0 N–H and O–H groups in total. The highest BCUT2D eigenvalue weighted by molar-refractivity contribution is 9.10. The Morgan fingerprint density at radius 2 is 1.83 bits per heavy atom. The van der Waals surface area contributed by atoms with E-state index in [4.69, 9.17) is 11.6 Å². The van der Waals surface area contributed by atoms with Gasteiger partial charge in [0.25, 0.3) is 0 Å². The molecule has 0 heterocycles. The molecule has 0 spiro atoms. The molecule has 3 heteroatoms. The van der Waals surface area contributed by atoms with Crippen LogP contribution in [0.25, 0.3) is 0 Å². The van der Waals surface area contributed by atoms with Crippen LogP contribution in [0.1, 0.15) is 26.9 Å². The second-order valence-electron chi connectivity index (χ2n) is 4.10. The van der Waals surface area contributed by atoms with Crippen molar-refractivity contribution in [2.45, 2.75) is 12.3 Å². The van der Waals surface area contributed by atoms with Crippen LogP contribution in [-0.4, -0.2) is 5.78 Å². The SMILES string of the molecule is Cc1cc(C(=O)C(Cl)c2ccccc2)ccc1Br. The number of Topliss-reactive ketones (excluding diaryl/α,β-unsaturated/α-hetero) is 1. The number of rotatable bonds is 3. The van der Waals surface area contributed by atoms with E-state index in [2.05, 4.69) is 15.9 Å². The molecule has 92 valence electrons.